The molecule has 1 aromatic rings. The van der Waals surface area contributed by atoms with Gasteiger partial charge in [0.2, 0.25) is 6.33 Å². The third kappa shape index (κ3) is 2.94. The van der Waals surface area contributed by atoms with Crippen molar-refractivity contribution < 1.29 is 24.4 Å². The van der Waals surface area contributed by atoms with Gasteiger partial charge in [0.05, 0.1) is 11.9 Å². The molecule has 0 aliphatic carbocycles. The Hall–Kier alpha value is -1.85. The summed E-state index contributed by atoms with van der Waals surface area (Å²) in [5.74, 6) is -2.45. The molecule has 70 valence electrons. The molecule has 1 aromatic heterocycles. The first-order valence-corrected chi connectivity index (χ1v) is 3.52. The second-order valence-electron chi connectivity index (χ2n) is 2.50. The monoisotopic (exact) mass is 183 g/mol. The number of carbonyl (C=O) groups excluding carboxylic acids is 2. The Balaban J connectivity index is 2.63. The molecule has 0 aliphatic heterocycles. The molecule has 0 atom stereocenters. The number of carboxylic acid groups (broad SMARTS) is 2. The maximum atomic E-state index is 10.1. The van der Waals surface area contributed by atoms with Gasteiger partial charge in [-0.25, -0.2) is 9.13 Å². The Bertz CT molecular complexity index is 300. The quantitative estimate of drug-likeness (QED) is 0.449. The second-order valence-corrected chi connectivity index (χ2v) is 2.50. The van der Waals surface area contributed by atoms with Crippen molar-refractivity contribution in [2.45, 2.75) is 13.1 Å². The van der Waals surface area contributed by atoms with Crippen LogP contribution in [0.25, 0.3) is 0 Å². The number of carboxylic acids is 2. The number of imidazole rings is 1. The molecule has 6 heteroatoms. The lowest BCUT2D eigenvalue weighted by Crippen LogP contribution is -2.42. The molecule has 0 radical (unpaired) electrons. The normalized spacial score (nSPS) is 9.85. The lowest BCUT2D eigenvalue weighted by atomic mass is 10.6. The highest BCUT2D eigenvalue weighted by Crippen LogP contribution is 1.82. The van der Waals surface area contributed by atoms with E-state index in [1.54, 1.807) is 0 Å². The highest BCUT2D eigenvalue weighted by Gasteiger charge is 2.02. The standard InChI is InChI=1S/C7H8N2O4/c10-6(11)3-8-1-2-9(5-8)4-7(12)13/h1-2,5H,3-4H2,(H-,10,11,12,13)/p-1. The Labute approximate surface area is 73.7 Å². The van der Waals surface area contributed by atoms with E-state index in [9.17, 15) is 19.8 Å². The number of hydrogen-bond donors (Lipinski definition) is 0. The SMILES string of the molecule is O=C([O-])Cn1cc[n+](CC(=O)[O-])c1. The lowest BCUT2D eigenvalue weighted by molar-refractivity contribution is -0.690. The summed E-state index contributed by atoms with van der Waals surface area (Å²) in [5, 5.41) is 20.3. The molecule has 0 amide bonds. The van der Waals surface area contributed by atoms with Gasteiger partial charge in [0.15, 0.2) is 0 Å². The third-order valence-corrected chi connectivity index (χ3v) is 1.37. The smallest absolute Gasteiger partial charge is 0.244 e. The number of nitrogens with zero attached hydrogens (tertiary/aromatic N) is 2. The van der Waals surface area contributed by atoms with Crippen LogP contribution >= 0.6 is 0 Å². The van der Waals surface area contributed by atoms with Crippen molar-refractivity contribution in [3.8, 4) is 0 Å². The number of aliphatic carboxylic acids is 2. The summed E-state index contributed by atoms with van der Waals surface area (Å²) in [7, 11) is 0. The molecule has 0 spiro atoms. The minimum Gasteiger partial charge on any atom is -0.546 e. The Morgan fingerprint density at radius 1 is 1.31 bits per heavy atom. The fourth-order valence-electron chi connectivity index (χ4n) is 0.924. The van der Waals surface area contributed by atoms with Crippen LogP contribution in [0.3, 0.4) is 0 Å². The molecule has 1 heterocycles. The number of hydrogen-bond acceptors (Lipinski definition) is 4. The van der Waals surface area contributed by atoms with Gasteiger partial charge >= 0.3 is 0 Å². The van der Waals surface area contributed by atoms with E-state index in [-0.39, 0.29) is 13.1 Å². The van der Waals surface area contributed by atoms with Gasteiger partial charge in [0.25, 0.3) is 0 Å². The first-order valence-electron chi connectivity index (χ1n) is 3.52. The Kier molecular flexibility index (Phi) is 2.63. The minimum absolute atomic E-state index is 0.292. The zero-order chi connectivity index (χ0) is 9.84. The van der Waals surface area contributed by atoms with Crippen molar-refractivity contribution in [1.29, 1.82) is 0 Å². The molecule has 0 aliphatic rings. The number of aromatic nitrogens is 2. The van der Waals surface area contributed by atoms with Crippen molar-refractivity contribution in [3.63, 3.8) is 0 Å². The fourth-order valence-corrected chi connectivity index (χ4v) is 0.924. The van der Waals surface area contributed by atoms with Gasteiger partial charge in [0.1, 0.15) is 25.5 Å². The highest BCUT2D eigenvalue weighted by atomic mass is 16.4. The van der Waals surface area contributed by atoms with Gasteiger partial charge in [-0.3, -0.25) is 0 Å². The molecule has 0 saturated carbocycles. The topological polar surface area (TPSA) is 89.1 Å². The van der Waals surface area contributed by atoms with E-state index < -0.39 is 11.9 Å². The molecular formula is C7H7N2O4-. The molecule has 0 N–H and O–H groups in total. The maximum absolute atomic E-state index is 10.1. The van der Waals surface area contributed by atoms with Crippen molar-refractivity contribution in [3.05, 3.63) is 18.7 Å². The van der Waals surface area contributed by atoms with E-state index in [2.05, 4.69) is 0 Å². The molecule has 0 aromatic carbocycles. The summed E-state index contributed by atoms with van der Waals surface area (Å²) in [6.07, 6.45) is 4.24. The van der Waals surface area contributed by atoms with Crippen molar-refractivity contribution >= 4 is 11.9 Å². The van der Waals surface area contributed by atoms with Crippen LogP contribution < -0.4 is 14.8 Å². The highest BCUT2D eigenvalue weighted by molar-refractivity contribution is 5.64. The fraction of sp³-hybridized carbons (Fsp3) is 0.286. The van der Waals surface area contributed by atoms with Crippen LogP contribution in [-0.4, -0.2) is 16.5 Å². The first-order chi connectivity index (χ1) is 6.08. The predicted octanol–water partition coefficient (Wildman–Crippen LogP) is -3.72. The van der Waals surface area contributed by atoms with E-state index in [1.807, 2.05) is 0 Å². The summed E-state index contributed by atoms with van der Waals surface area (Å²) in [6, 6.07) is 0. The van der Waals surface area contributed by atoms with Crippen LogP contribution in [0.15, 0.2) is 18.7 Å². The van der Waals surface area contributed by atoms with E-state index in [0.29, 0.717) is 0 Å². The van der Waals surface area contributed by atoms with Gasteiger partial charge in [0, 0.05) is 0 Å². The molecule has 1 rings (SSSR count). The summed E-state index contributed by atoms with van der Waals surface area (Å²) in [5.41, 5.74) is 0. The van der Waals surface area contributed by atoms with Crippen LogP contribution in [0.4, 0.5) is 0 Å². The largest absolute Gasteiger partial charge is 0.546 e. The van der Waals surface area contributed by atoms with E-state index in [0.717, 1.165) is 0 Å². The number of rotatable bonds is 4. The van der Waals surface area contributed by atoms with E-state index in [1.165, 1.54) is 27.9 Å². The van der Waals surface area contributed by atoms with Crippen LogP contribution in [0.1, 0.15) is 0 Å². The predicted molar refractivity (Wildman–Crippen MR) is 34.6 cm³/mol. The molecule has 6 nitrogen and oxygen atoms in total. The Morgan fingerprint density at radius 2 is 2.00 bits per heavy atom. The van der Waals surface area contributed by atoms with Gasteiger partial charge in [-0.05, 0) is 0 Å². The van der Waals surface area contributed by atoms with E-state index >= 15 is 0 Å². The number of carbonyl (C=O) groups is 2. The zero-order valence-corrected chi connectivity index (χ0v) is 6.67. The maximum Gasteiger partial charge on any atom is 0.244 e. The van der Waals surface area contributed by atoms with Crippen LogP contribution in [0.5, 0.6) is 0 Å². The molecule has 0 saturated heterocycles. The van der Waals surface area contributed by atoms with Gasteiger partial charge in [-0.1, -0.05) is 0 Å². The van der Waals surface area contributed by atoms with Gasteiger partial charge in [-0.2, -0.15) is 0 Å². The van der Waals surface area contributed by atoms with Crippen LogP contribution in [0, 0.1) is 0 Å². The molecule has 0 unspecified atom stereocenters. The van der Waals surface area contributed by atoms with E-state index in [4.69, 9.17) is 0 Å². The molecule has 0 bridgehead atoms. The summed E-state index contributed by atoms with van der Waals surface area (Å²) in [6.45, 7) is -0.583. The summed E-state index contributed by atoms with van der Waals surface area (Å²) >= 11 is 0. The Morgan fingerprint density at radius 3 is 2.54 bits per heavy atom. The molecule has 13 heavy (non-hydrogen) atoms. The zero-order valence-electron chi connectivity index (χ0n) is 6.67. The first kappa shape index (κ1) is 9.24. The summed E-state index contributed by atoms with van der Waals surface area (Å²) in [4.78, 5) is 20.3. The minimum atomic E-state index is -1.23. The summed E-state index contributed by atoms with van der Waals surface area (Å²) < 4.78 is 2.61. The average molecular weight is 183 g/mol. The van der Waals surface area contributed by atoms with Crippen molar-refractivity contribution in [2.75, 3.05) is 0 Å². The average Bonchev–Trinajstić information content (AvgIpc) is 2.33. The lowest BCUT2D eigenvalue weighted by Gasteiger charge is -1.97. The molecular weight excluding hydrogens is 176 g/mol. The van der Waals surface area contributed by atoms with Crippen molar-refractivity contribution in [1.82, 2.24) is 4.57 Å². The third-order valence-electron chi connectivity index (χ3n) is 1.37. The van der Waals surface area contributed by atoms with Crippen LogP contribution in [0.2, 0.25) is 0 Å². The van der Waals surface area contributed by atoms with Crippen molar-refractivity contribution in [2.24, 2.45) is 0 Å². The second kappa shape index (κ2) is 3.70. The van der Waals surface area contributed by atoms with Crippen LogP contribution in [-0.2, 0) is 22.7 Å². The molecule has 0 fully saturated rings. The van der Waals surface area contributed by atoms with Gasteiger partial charge in [-0.15, -0.1) is 0 Å². The van der Waals surface area contributed by atoms with Gasteiger partial charge < -0.3 is 19.8 Å².